The van der Waals surface area contributed by atoms with Gasteiger partial charge in [-0.2, -0.15) is 0 Å². The first-order chi connectivity index (χ1) is 15.8. The number of allylic oxidation sites excluding steroid dienone is 2. The molecular weight excluding hydrogens is 428 g/mol. The van der Waals surface area contributed by atoms with E-state index in [0.29, 0.717) is 17.8 Å². The molecule has 4 nitrogen and oxygen atoms in total. The number of anilines is 2. The number of aliphatic hydroxyl groups is 1. The fourth-order valence-electron chi connectivity index (χ4n) is 7.85. The largest absolute Gasteiger partial charge is 0.508 e. The lowest BCUT2D eigenvalue weighted by atomic mass is 9.47. The Labute approximate surface area is 200 Å². The molecule has 4 aliphatic carbocycles. The number of fused-ring (bicyclic) bond motifs is 7. The van der Waals surface area contributed by atoms with Crippen LogP contribution in [0.2, 0.25) is 0 Å². The maximum atomic E-state index is 11.2. The smallest absolute Gasteiger partial charge is 0.187 e. The molecule has 0 radical (unpaired) electrons. The summed E-state index contributed by atoms with van der Waals surface area (Å²) in [5, 5.41) is 25.1. The molecule has 2 saturated carbocycles. The van der Waals surface area contributed by atoms with Gasteiger partial charge < -0.3 is 15.5 Å². The van der Waals surface area contributed by atoms with Crippen LogP contribution in [-0.4, -0.2) is 20.8 Å². The normalized spacial score (nSPS) is 38.8. The van der Waals surface area contributed by atoms with Crippen molar-refractivity contribution in [2.45, 2.75) is 64.4 Å². The van der Waals surface area contributed by atoms with Crippen molar-refractivity contribution in [3.63, 3.8) is 0 Å². The van der Waals surface area contributed by atoms with Gasteiger partial charge in [0.25, 0.3) is 0 Å². The van der Waals surface area contributed by atoms with E-state index in [9.17, 15) is 10.2 Å². The molecular formula is C28H32N2O2S. The van der Waals surface area contributed by atoms with Gasteiger partial charge in [0.2, 0.25) is 0 Å². The zero-order chi connectivity index (χ0) is 23.0. The van der Waals surface area contributed by atoms with Gasteiger partial charge in [0.1, 0.15) is 11.4 Å². The van der Waals surface area contributed by atoms with Crippen molar-refractivity contribution in [1.82, 2.24) is 4.98 Å². The number of phenols is 1. The molecule has 33 heavy (non-hydrogen) atoms. The van der Waals surface area contributed by atoms with Crippen molar-refractivity contribution < 1.29 is 10.2 Å². The number of terminal acetylenes is 1. The molecule has 1 heterocycles. The number of nitrogens with one attached hydrogen (secondary N) is 1. The maximum absolute atomic E-state index is 11.2. The van der Waals surface area contributed by atoms with Crippen LogP contribution in [0, 0.1) is 40.9 Å². The topological polar surface area (TPSA) is 65.4 Å². The molecule has 1 aromatic carbocycles. The summed E-state index contributed by atoms with van der Waals surface area (Å²) >= 11 is 1.76. The Balaban J connectivity index is 1.32. The van der Waals surface area contributed by atoms with E-state index in [1.54, 1.807) is 23.5 Å². The maximum Gasteiger partial charge on any atom is 0.187 e. The summed E-state index contributed by atoms with van der Waals surface area (Å²) in [6.45, 7) is 4.74. The fourth-order valence-corrected chi connectivity index (χ4v) is 9.06. The van der Waals surface area contributed by atoms with Gasteiger partial charge in [-0.3, -0.25) is 0 Å². The zero-order valence-electron chi connectivity index (χ0n) is 19.4. The van der Waals surface area contributed by atoms with E-state index < -0.39 is 5.60 Å². The Morgan fingerprint density at radius 2 is 1.88 bits per heavy atom. The molecule has 1 aromatic heterocycles. The third-order valence-corrected chi connectivity index (χ3v) is 10.8. The molecule has 6 rings (SSSR count). The second-order valence-corrected chi connectivity index (χ2v) is 12.1. The molecule has 2 aromatic rings. The minimum absolute atomic E-state index is 0.157. The average Bonchev–Trinajstić information content (AvgIpc) is 3.33. The second kappa shape index (κ2) is 7.10. The summed E-state index contributed by atoms with van der Waals surface area (Å²) in [4.78, 5) is 6.29. The lowest BCUT2D eigenvalue weighted by Gasteiger charge is -2.57. The summed E-state index contributed by atoms with van der Waals surface area (Å²) in [6.07, 6.45) is 15.5. The molecule has 0 bridgehead atoms. The number of hydrogen-bond donors (Lipinski definition) is 3. The highest BCUT2D eigenvalue weighted by Gasteiger charge is 2.63. The number of rotatable bonds is 2. The summed E-state index contributed by atoms with van der Waals surface area (Å²) in [6, 6.07) is 7.14. The Bertz CT molecular complexity index is 1180. The minimum Gasteiger partial charge on any atom is -0.508 e. The van der Waals surface area contributed by atoms with Crippen LogP contribution in [0.25, 0.3) is 5.57 Å². The van der Waals surface area contributed by atoms with Gasteiger partial charge in [0.15, 0.2) is 5.13 Å². The third kappa shape index (κ3) is 2.90. The zero-order valence-corrected chi connectivity index (χ0v) is 20.2. The van der Waals surface area contributed by atoms with Crippen LogP contribution in [0.3, 0.4) is 0 Å². The Morgan fingerprint density at radius 1 is 1.12 bits per heavy atom. The van der Waals surface area contributed by atoms with Crippen molar-refractivity contribution in [3.05, 3.63) is 40.9 Å². The molecule has 2 fully saturated rings. The van der Waals surface area contributed by atoms with Gasteiger partial charge >= 0.3 is 0 Å². The van der Waals surface area contributed by atoms with Crippen LogP contribution in [0.5, 0.6) is 5.75 Å². The minimum atomic E-state index is -0.945. The van der Waals surface area contributed by atoms with E-state index >= 15 is 0 Å². The van der Waals surface area contributed by atoms with E-state index in [4.69, 9.17) is 11.4 Å². The van der Waals surface area contributed by atoms with Crippen LogP contribution in [0.1, 0.15) is 62.9 Å². The lowest BCUT2D eigenvalue weighted by molar-refractivity contribution is -0.0886. The number of nitrogens with zero attached hydrogens (tertiary/aromatic N) is 1. The van der Waals surface area contributed by atoms with Crippen LogP contribution in [-0.2, 0) is 6.42 Å². The van der Waals surface area contributed by atoms with E-state index in [1.807, 2.05) is 12.1 Å². The molecule has 172 valence electrons. The molecule has 3 N–H and O–H groups in total. The summed E-state index contributed by atoms with van der Waals surface area (Å²) in [7, 11) is 0. The van der Waals surface area contributed by atoms with Crippen LogP contribution < -0.4 is 5.32 Å². The van der Waals surface area contributed by atoms with Crippen molar-refractivity contribution in [2.24, 2.45) is 28.6 Å². The fraction of sp³-hybridized carbons (Fsp3) is 0.536. The number of phenolic OH excluding ortho intramolecular Hbond substituents is 1. The Hall–Kier alpha value is -2.29. The highest BCUT2D eigenvalue weighted by atomic mass is 32.1. The van der Waals surface area contributed by atoms with E-state index in [1.165, 1.54) is 16.1 Å². The number of aryl methyl sites for hydroxylation is 1. The van der Waals surface area contributed by atoms with E-state index in [0.717, 1.165) is 55.8 Å². The first kappa shape index (κ1) is 21.3. The monoisotopic (exact) mass is 460 g/mol. The quantitative estimate of drug-likeness (QED) is 0.372. The van der Waals surface area contributed by atoms with Crippen LogP contribution in [0.15, 0.2) is 30.3 Å². The molecule has 0 unspecified atom stereocenters. The van der Waals surface area contributed by atoms with Crippen molar-refractivity contribution in [3.8, 4) is 18.1 Å². The summed E-state index contributed by atoms with van der Waals surface area (Å²) in [5.74, 6) is 4.80. The highest BCUT2D eigenvalue weighted by molar-refractivity contribution is 7.16. The number of hydrogen-bond acceptors (Lipinski definition) is 5. The molecule has 5 heteroatoms. The van der Waals surface area contributed by atoms with Gasteiger partial charge in [-0.1, -0.05) is 37.2 Å². The lowest BCUT2D eigenvalue weighted by Crippen LogP contribution is -2.53. The third-order valence-electron chi connectivity index (χ3n) is 9.80. The van der Waals surface area contributed by atoms with E-state index in [-0.39, 0.29) is 16.6 Å². The van der Waals surface area contributed by atoms with Gasteiger partial charge in [-0.05, 0) is 98.0 Å². The summed E-state index contributed by atoms with van der Waals surface area (Å²) < 4.78 is 0. The molecule has 0 spiro atoms. The van der Waals surface area contributed by atoms with Gasteiger partial charge in [-0.25, -0.2) is 4.98 Å². The second-order valence-electron chi connectivity index (χ2n) is 11.1. The number of benzene rings is 1. The molecule has 4 aliphatic rings. The number of aromatic hydroxyl groups is 1. The molecule has 0 amide bonds. The SMILES string of the molecule is C#C[C@]1(O)CC[C@H]2[C@@H]3CC=C4c5sc(Nc6ccc(O)cc6)nc5CC[C@]4(C)[C@H]3CC[C@@]21C. The molecule has 0 aliphatic heterocycles. The first-order valence-corrected chi connectivity index (χ1v) is 13.1. The van der Waals surface area contributed by atoms with Crippen LogP contribution in [0.4, 0.5) is 10.8 Å². The standard InChI is InChI=1S/C28H32N2O2S/c1-4-28(32)16-12-21-19-9-10-22-24-23(13-14-26(22,2)20(19)11-15-27(21,28)3)30-25(33-24)29-17-5-7-18(31)8-6-17/h1,5-8,10,19-21,31-32H,9,11-16H2,2-3H3,(H,29,30)/t19-,20+,21+,26-,27+,28+/m1/s1. The Morgan fingerprint density at radius 3 is 2.64 bits per heavy atom. The van der Waals surface area contributed by atoms with Gasteiger partial charge in [0.05, 0.1) is 10.6 Å². The number of aromatic nitrogens is 1. The highest BCUT2D eigenvalue weighted by Crippen LogP contribution is 2.68. The van der Waals surface area contributed by atoms with E-state index in [2.05, 4.69) is 31.2 Å². The molecule has 0 saturated heterocycles. The van der Waals surface area contributed by atoms with Gasteiger partial charge in [-0.15, -0.1) is 6.42 Å². The first-order valence-electron chi connectivity index (χ1n) is 12.2. The predicted molar refractivity (Wildman–Crippen MR) is 133 cm³/mol. The Kier molecular flexibility index (Phi) is 4.58. The average molecular weight is 461 g/mol. The number of thiazole rings is 1. The predicted octanol–water partition coefficient (Wildman–Crippen LogP) is 6.14. The summed E-state index contributed by atoms with van der Waals surface area (Å²) in [5.41, 5.74) is 2.71. The van der Waals surface area contributed by atoms with Crippen molar-refractivity contribution in [2.75, 3.05) is 5.32 Å². The van der Waals surface area contributed by atoms with Gasteiger partial charge in [0, 0.05) is 11.1 Å². The molecule has 6 atom stereocenters. The van der Waals surface area contributed by atoms with Crippen LogP contribution >= 0.6 is 11.3 Å². The van der Waals surface area contributed by atoms with Crippen molar-refractivity contribution >= 4 is 27.7 Å². The van der Waals surface area contributed by atoms with Crippen molar-refractivity contribution in [1.29, 1.82) is 0 Å².